The summed E-state index contributed by atoms with van der Waals surface area (Å²) < 4.78 is 1.72. The molecule has 1 heterocycles. The summed E-state index contributed by atoms with van der Waals surface area (Å²) in [6.45, 7) is 7.59. The number of hydrogen-bond donors (Lipinski definition) is 0. The normalized spacial score (nSPS) is 11.3. The Morgan fingerprint density at radius 1 is 1.14 bits per heavy atom. The summed E-state index contributed by atoms with van der Waals surface area (Å²) in [5.41, 5.74) is 2.27. The first-order valence-electron chi connectivity index (χ1n) is 7.60. The Morgan fingerprint density at radius 3 is 2.48 bits per heavy atom. The fourth-order valence-corrected chi connectivity index (χ4v) is 2.54. The molecule has 0 aliphatic carbocycles. The van der Waals surface area contributed by atoms with Gasteiger partial charge in [0.25, 0.3) is 0 Å². The molecule has 4 nitrogen and oxygen atoms in total. The van der Waals surface area contributed by atoms with Gasteiger partial charge >= 0.3 is 6.03 Å². The number of nitrogens with zero attached hydrogens (tertiary/aromatic N) is 3. The highest BCUT2D eigenvalue weighted by Crippen LogP contribution is 2.18. The second-order valence-corrected chi connectivity index (χ2v) is 5.53. The Morgan fingerprint density at radius 2 is 1.86 bits per heavy atom. The highest BCUT2D eigenvalue weighted by molar-refractivity contribution is 5.91. The SMILES string of the molecule is CCN(CC)CCc1ccc2ccn(C(=O)N(C)C)c2c1. The van der Waals surface area contributed by atoms with E-state index in [-0.39, 0.29) is 6.03 Å². The quantitative estimate of drug-likeness (QED) is 0.845. The van der Waals surface area contributed by atoms with Crippen LogP contribution >= 0.6 is 0 Å². The average Bonchev–Trinajstić information content (AvgIpc) is 2.90. The van der Waals surface area contributed by atoms with Gasteiger partial charge in [-0.05, 0) is 37.2 Å². The Balaban J connectivity index is 2.23. The topological polar surface area (TPSA) is 28.5 Å². The first-order chi connectivity index (χ1) is 10.1. The molecule has 1 aromatic carbocycles. The van der Waals surface area contributed by atoms with E-state index in [1.807, 2.05) is 12.3 Å². The molecule has 0 bridgehead atoms. The third-order valence-electron chi connectivity index (χ3n) is 3.96. The zero-order valence-corrected chi connectivity index (χ0v) is 13.5. The van der Waals surface area contributed by atoms with Crippen molar-refractivity contribution in [1.82, 2.24) is 14.4 Å². The lowest BCUT2D eigenvalue weighted by molar-refractivity contribution is 0.220. The number of hydrogen-bond acceptors (Lipinski definition) is 2. The summed E-state index contributed by atoms with van der Waals surface area (Å²) in [6.07, 6.45) is 2.86. The molecule has 21 heavy (non-hydrogen) atoms. The van der Waals surface area contributed by atoms with Crippen LogP contribution in [0.3, 0.4) is 0 Å². The van der Waals surface area contributed by atoms with Crippen LogP contribution < -0.4 is 0 Å². The van der Waals surface area contributed by atoms with Crippen molar-refractivity contribution in [3.63, 3.8) is 0 Å². The van der Waals surface area contributed by atoms with Gasteiger partial charge in [-0.25, -0.2) is 4.79 Å². The van der Waals surface area contributed by atoms with Gasteiger partial charge in [0.15, 0.2) is 0 Å². The third-order valence-corrected chi connectivity index (χ3v) is 3.96. The highest BCUT2D eigenvalue weighted by Gasteiger charge is 2.11. The van der Waals surface area contributed by atoms with E-state index in [1.54, 1.807) is 23.6 Å². The van der Waals surface area contributed by atoms with Crippen LogP contribution in [0.25, 0.3) is 10.9 Å². The molecule has 4 heteroatoms. The minimum Gasteiger partial charge on any atom is -0.330 e. The van der Waals surface area contributed by atoms with Gasteiger partial charge in [0.05, 0.1) is 5.52 Å². The van der Waals surface area contributed by atoms with E-state index in [0.29, 0.717) is 0 Å². The molecule has 0 aliphatic heterocycles. The number of amides is 1. The zero-order chi connectivity index (χ0) is 15.4. The fraction of sp³-hybridized carbons (Fsp3) is 0.471. The van der Waals surface area contributed by atoms with E-state index in [1.165, 1.54) is 5.56 Å². The van der Waals surface area contributed by atoms with E-state index in [9.17, 15) is 4.79 Å². The largest absolute Gasteiger partial charge is 0.330 e. The number of likely N-dealkylation sites (N-methyl/N-ethyl adjacent to an activating group) is 1. The van der Waals surface area contributed by atoms with E-state index in [4.69, 9.17) is 0 Å². The lowest BCUT2D eigenvalue weighted by Gasteiger charge is -2.18. The molecule has 0 radical (unpaired) electrons. The first kappa shape index (κ1) is 15.6. The van der Waals surface area contributed by atoms with Gasteiger partial charge in [0, 0.05) is 32.2 Å². The molecule has 114 valence electrons. The van der Waals surface area contributed by atoms with Crippen molar-refractivity contribution in [3.05, 3.63) is 36.0 Å². The zero-order valence-electron chi connectivity index (χ0n) is 13.5. The lowest BCUT2D eigenvalue weighted by Crippen LogP contribution is -2.26. The molecule has 0 saturated heterocycles. The van der Waals surface area contributed by atoms with E-state index >= 15 is 0 Å². The van der Waals surface area contributed by atoms with Gasteiger partial charge in [-0.2, -0.15) is 0 Å². The maximum absolute atomic E-state index is 12.2. The van der Waals surface area contributed by atoms with Crippen molar-refractivity contribution in [3.8, 4) is 0 Å². The number of carbonyl (C=O) groups excluding carboxylic acids is 1. The molecular weight excluding hydrogens is 262 g/mol. The lowest BCUT2D eigenvalue weighted by atomic mass is 10.1. The summed E-state index contributed by atoms with van der Waals surface area (Å²) in [5, 5.41) is 1.11. The summed E-state index contributed by atoms with van der Waals surface area (Å²) in [7, 11) is 3.55. The van der Waals surface area contributed by atoms with Crippen LogP contribution in [-0.2, 0) is 6.42 Å². The molecule has 0 aliphatic rings. The van der Waals surface area contributed by atoms with Crippen LogP contribution in [0.5, 0.6) is 0 Å². The summed E-state index contributed by atoms with van der Waals surface area (Å²) in [4.78, 5) is 16.2. The molecule has 0 N–H and O–H groups in total. The first-order valence-corrected chi connectivity index (χ1v) is 7.60. The van der Waals surface area contributed by atoms with Gasteiger partial charge in [-0.1, -0.05) is 26.0 Å². The van der Waals surface area contributed by atoms with Crippen molar-refractivity contribution in [1.29, 1.82) is 0 Å². The van der Waals surface area contributed by atoms with Crippen molar-refractivity contribution in [2.45, 2.75) is 20.3 Å². The Bertz CT molecular complexity index is 612. The highest BCUT2D eigenvalue weighted by atomic mass is 16.2. The van der Waals surface area contributed by atoms with Crippen molar-refractivity contribution >= 4 is 16.9 Å². The van der Waals surface area contributed by atoms with Crippen LogP contribution in [0.4, 0.5) is 4.79 Å². The Labute approximate surface area is 126 Å². The van der Waals surface area contributed by atoms with E-state index in [2.05, 4.69) is 36.9 Å². The number of benzene rings is 1. The van der Waals surface area contributed by atoms with Gasteiger partial charge in [0.1, 0.15) is 0 Å². The second-order valence-electron chi connectivity index (χ2n) is 5.53. The smallest absolute Gasteiger partial charge is 0.328 e. The van der Waals surface area contributed by atoms with Crippen molar-refractivity contribution < 1.29 is 4.79 Å². The van der Waals surface area contributed by atoms with Crippen LogP contribution in [-0.4, -0.2) is 54.1 Å². The van der Waals surface area contributed by atoms with Gasteiger partial charge in [0.2, 0.25) is 0 Å². The maximum Gasteiger partial charge on any atom is 0.328 e. The van der Waals surface area contributed by atoms with Gasteiger partial charge < -0.3 is 9.80 Å². The number of fused-ring (bicyclic) bond motifs is 1. The molecule has 2 rings (SSSR count). The predicted octanol–water partition coefficient (Wildman–Crippen LogP) is 3.06. The third kappa shape index (κ3) is 3.45. The van der Waals surface area contributed by atoms with Crippen LogP contribution in [0, 0.1) is 0 Å². The molecule has 0 spiro atoms. The van der Waals surface area contributed by atoms with Crippen LogP contribution in [0.15, 0.2) is 30.5 Å². The number of carbonyl (C=O) groups is 1. The van der Waals surface area contributed by atoms with Gasteiger partial charge in [-0.15, -0.1) is 0 Å². The Hall–Kier alpha value is -1.81. The minimum atomic E-state index is -0.00843. The molecule has 0 saturated carbocycles. The minimum absolute atomic E-state index is 0.00843. The maximum atomic E-state index is 12.2. The standard InChI is InChI=1S/C17H25N3O/c1-5-19(6-2)11-9-14-7-8-15-10-12-20(16(15)13-14)17(21)18(3)4/h7-8,10,12-13H,5-6,9,11H2,1-4H3. The van der Waals surface area contributed by atoms with Crippen LogP contribution in [0.2, 0.25) is 0 Å². The molecule has 0 fully saturated rings. The molecular formula is C17H25N3O. The van der Waals surface area contributed by atoms with E-state index < -0.39 is 0 Å². The van der Waals surface area contributed by atoms with Crippen LogP contribution in [0.1, 0.15) is 19.4 Å². The monoisotopic (exact) mass is 287 g/mol. The average molecular weight is 287 g/mol. The molecule has 1 amide bonds. The molecule has 0 atom stereocenters. The number of rotatable bonds is 5. The van der Waals surface area contributed by atoms with Gasteiger partial charge in [-0.3, -0.25) is 4.57 Å². The molecule has 1 aromatic heterocycles. The predicted molar refractivity (Wildman–Crippen MR) is 87.9 cm³/mol. The summed E-state index contributed by atoms with van der Waals surface area (Å²) in [6, 6.07) is 8.39. The van der Waals surface area contributed by atoms with E-state index in [0.717, 1.165) is 37.0 Å². The second kappa shape index (κ2) is 6.76. The fourth-order valence-electron chi connectivity index (χ4n) is 2.54. The van der Waals surface area contributed by atoms with Crippen molar-refractivity contribution in [2.24, 2.45) is 0 Å². The summed E-state index contributed by atoms with van der Waals surface area (Å²) in [5.74, 6) is 0. The molecule has 2 aromatic rings. The summed E-state index contributed by atoms with van der Waals surface area (Å²) >= 11 is 0. The number of aromatic nitrogens is 1. The molecule has 0 unspecified atom stereocenters. The van der Waals surface area contributed by atoms with Crippen molar-refractivity contribution in [2.75, 3.05) is 33.7 Å². The Kier molecular flexibility index (Phi) is 5.02.